The number of carbonyl (C=O) groups excluding carboxylic acids is 4. The molecule has 4 aromatic carbocycles. The van der Waals surface area contributed by atoms with E-state index in [1.54, 1.807) is 24.3 Å². The monoisotopic (exact) mass is 922 g/mol. The summed E-state index contributed by atoms with van der Waals surface area (Å²) in [5.74, 6) is -0.932. The van der Waals surface area contributed by atoms with Crippen molar-refractivity contribution in [2.45, 2.75) is 52.7 Å². The van der Waals surface area contributed by atoms with E-state index in [9.17, 15) is 19.2 Å². The fraction of sp³-hybridized carbons (Fsp3) is 0.282. The van der Waals surface area contributed by atoms with Gasteiger partial charge in [-0.3, -0.25) is 4.79 Å². The molecule has 0 aromatic heterocycles. The van der Waals surface area contributed by atoms with Crippen molar-refractivity contribution in [3.05, 3.63) is 136 Å². The quantitative estimate of drug-likeness (QED) is 0.111. The summed E-state index contributed by atoms with van der Waals surface area (Å²) in [5, 5.41) is 0.624. The van der Waals surface area contributed by atoms with Crippen molar-refractivity contribution in [2.75, 3.05) is 21.3 Å². The standard InChI is InChI=1S/C19H18BrNO3.C11H12Br2O2.C9H11NO2.ClH/c1-11-8-15-16(17(20)12(11)2)10-21(18(15)22)9-13-4-6-14(7-5-13)19(23)24-3;1-6-4-8(11(14)15-3)9(5-12)10(13)7(6)2;1-12-9(11)8-4-2-7(6-10)3-5-8;/h4-8H,9-10H2,1-3H3;4H,5H2,1-3H3;2-5H,6,10H2,1H3;1H. The molecule has 13 heteroatoms. The Labute approximate surface area is 336 Å². The normalized spacial score (nSPS) is 11.2. The van der Waals surface area contributed by atoms with Gasteiger partial charge < -0.3 is 24.8 Å². The van der Waals surface area contributed by atoms with Crippen LogP contribution in [0.3, 0.4) is 0 Å². The van der Waals surface area contributed by atoms with Crippen molar-refractivity contribution >= 4 is 84.0 Å². The predicted molar refractivity (Wildman–Crippen MR) is 215 cm³/mol. The van der Waals surface area contributed by atoms with Crippen molar-refractivity contribution in [3.8, 4) is 0 Å². The molecule has 0 bridgehead atoms. The predicted octanol–water partition coefficient (Wildman–Crippen LogP) is 9.11. The third-order valence-corrected chi connectivity index (χ3v) is 11.2. The van der Waals surface area contributed by atoms with Crippen molar-refractivity contribution in [1.82, 2.24) is 4.90 Å². The summed E-state index contributed by atoms with van der Waals surface area (Å²) in [5.41, 5.74) is 16.3. The second-order valence-corrected chi connectivity index (χ2v) is 13.8. The maximum atomic E-state index is 12.7. The van der Waals surface area contributed by atoms with Gasteiger partial charge in [0.1, 0.15) is 0 Å². The molecule has 0 unspecified atom stereocenters. The Bertz CT molecular complexity index is 1920. The van der Waals surface area contributed by atoms with Gasteiger partial charge in [-0.1, -0.05) is 72.1 Å². The maximum absolute atomic E-state index is 12.7. The number of halogens is 4. The summed E-state index contributed by atoms with van der Waals surface area (Å²) < 4.78 is 16.0. The number of benzene rings is 4. The molecule has 1 amide bonds. The number of rotatable bonds is 7. The Morgan fingerprint density at radius 1 is 0.731 bits per heavy atom. The van der Waals surface area contributed by atoms with Crippen LogP contribution in [0.2, 0.25) is 0 Å². The van der Waals surface area contributed by atoms with E-state index in [1.807, 2.05) is 62.1 Å². The van der Waals surface area contributed by atoms with E-state index in [0.29, 0.717) is 41.7 Å². The van der Waals surface area contributed by atoms with Gasteiger partial charge in [-0.2, -0.15) is 0 Å². The Morgan fingerprint density at radius 2 is 1.19 bits per heavy atom. The molecule has 0 saturated heterocycles. The van der Waals surface area contributed by atoms with E-state index >= 15 is 0 Å². The van der Waals surface area contributed by atoms with Gasteiger partial charge in [-0.25, -0.2) is 14.4 Å². The smallest absolute Gasteiger partial charge is 0.338 e. The van der Waals surface area contributed by atoms with Gasteiger partial charge in [-0.15, -0.1) is 12.4 Å². The van der Waals surface area contributed by atoms with Gasteiger partial charge in [0, 0.05) is 39.5 Å². The van der Waals surface area contributed by atoms with Gasteiger partial charge >= 0.3 is 17.9 Å². The van der Waals surface area contributed by atoms with Crippen LogP contribution in [0.25, 0.3) is 0 Å². The number of nitrogens with zero attached hydrogens (tertiary/aromatic N) is 1. The number of fused-ring (bicyclic) bond motifs is 1. The molecular weight excluding hydrogens is 884 g/mol. The number of methoxy groups -OCH3 is 3. The number of carbonyl (C=O) groups is 4. The van der Waals surface area contributed by atoms with Crippen molar-refractivity contribution < 1.29 is 33.4 Å². The zero-order valence-corrected chi connectivity index (χ0v) is 35.6. The highest BCUT2D eigenvalue weighted by atomic mass is 79.9. The first kappa shape index (κ1) is 44.6. The molecule has 0 atom stereocenters. The third kappa shape index (κ3) is 10.8. The van der Waals surface area contributed by atoms with Crippen LogP contribution >= 0.6 is 60.2 Å². The Morgan fingerprint density at radius 3 is 1.65 bits per heavy atom. The van der Waals surface area contributed by atoms with Gasteiger partial charge in [0.2, 0.25) is 0 Å². The molecule has 0 spiro atoms. The summed E-state index contributed by atoms with van der Waals surface area (Å²) in [6.45, 7) is 9.66. The second kappa shape index (κ2) is 20.6. The van der Waals surface area contributed by atoms with Crippen LogP contribution in [0, 0.1) is 27.7 Å². The first-order chi connectivity index (χ1) is 24.2. The van der Waals surface area contributed by atoms with Crippen LogP contribution < -0.4 is 5.73 Å². The lowest BCUT2D eigenvalue weighted by Gasteiger charge is -2.16. The lowest BCUT2D eigenvalue weighted by molar-refractivity contribution is 0.0591. The van der Waals surface area contributed by atoms with Crippen LogP contribution in [-0.4, -0.2) is 50.0 Å². The molecule has 9 nitrogen and oxygen atoms in total. The van der Waals surface area contributed by atoms with Crippen LogP contribution in [0.1, 0.15) is 85.9 Å². The summed E-state index contributed by atoms with van der Waals surface area (Å²) in [7, 11) is 4.11. The molecule has 278 valence electrons. The van der Waals surface area contributed by atoms with Crippen molar-refractivity contribution in [3.63, 3.8) is 0 Å². The number of nitrogens with two attached hydrogens (primary N) is 1. The number of ether oxygens (including phenoxy) is 3. The minimum atomic E-state index is -0.360. The summed E-state index contributed by atoms with van der Waals surface area (Å²) in [6.07, 6.45) is 0. The zero-order chi connectivity index (χ0) is 38.0. The molecule has 2 N–H and O–H groups in total. The molecule has 0 aliphatic carbocycles. The highest BCUT2D eigenvalue weighted by molar-refractivity contribution is 9.11. The number of amides is 1. The highest BCUT2D eigenvalue weighted by Crippen LogP contribution is 2.35. The lowest BCUT2D eigenvalue weighted by atomic mass is 10.0. The van der Waals surface area contributed by atoms with Gasteiger partial charge in [0.25, 0.3) is 5.91 Å². The molecule has 1 aliphatic rings. The van der Waals surface area contributed by atoms with E-state index < -0.39 is 0 Å². The Hall–Kier alpha value is -3.55. The summed E-state index contributed by atoms with van der Waals surface area (Å²) >= 11 is 10.5. The fourth-order valence-corrected chi connectivity index (χ4v) is 7.44. The molecule has 4 aromatic rings. The highest BCUT2D eigenvalue weighted by Gasteiger charge is 2.30. The Kier molecular flexibility index (Phi) is 17.7. The number of hydrogen-bond acceptors (Lipinski definition) is 8. The first-order valence-electron chi connectivity index (χ1n) is 15.8. The van der Waals surface area contributed by atoms with E-state index in [1.165, 1.54) is 26.9 Å². The lowest BCUT2D eigenvalue weighted by Crippen LogP contribution is -2.23. The average Bonchev–Trinajstić information content (AvgIpc) is 3.46. The minimum Gasteiger partial charge on any atom is -0.465 e. The summed E-state index contributed by atoms with van der Waals surface area (Å²) in [6, 6.07) is 18.0. The minimum absolute atomic E-state index is 0. The molecule has 1 aliphatic heterocycles. The largest absolute Gasteiger partial charge is 0.465 e. The first-order valence-corrected chi connectivity index (χ1v) is 18.5. The van der Waals surface area contributed by atoms with Gasteiger partial charge in [0.15, 0.2) is 0 Å². The number of esters is 3. The summed E-state index contributed by atoms with van der Waals surface area (Å²) in [4.78, 5) is 48.5. The molecule has 1 heterocycles. The van der Waals surface area contributed by atoms with Crippen LogP contribution in [0.4, 0.5) is 0 Å². The van der Waals surface area contributed by atoms with Gasteiger partial charge in [0.05, 0.1) is 38.0 Å². The second-order valence-electron chi connectivity index (χ2n) is 11.7. The van der Waals surface area contributed by atoms with E-state index in [-0.39, 0.29) is 36.2 Å². The number of hydrogen-bond donors (Lipinski definition) is 1. The number of alkyl halides is 1. The van der Waals surface area contributed by atoms with Crippen molar-refractivity contribution in [2.24, 2.45) is 5.73 Å². The Balaban J connectivity index is 0.000000289. The fourth-order valence-electron chi connectivity index (χ4n) is 5.17. The maximum Gasteiger partial charge on any atom is 0.338 e. The molecule has 0 radical (unpaired) electrons. The van der Waals surface area contributed by atoms with Gasteiger partial charge in [-0.05, 0) is 109 Å². The zero-order valence-electron chi connectivity index (χ0n) is 30.0. The topological polar surface area (TPSA) is 125 Å². The molecule has 0 fully saturated rings. The van der Waals surface area contributed by atoms with Crippen LogP contribution in [-0.2, 0) is 39.2 Å². The van der Waals surface area contributed by atoms with E-state index in [0.717, 1.165) is 53.5 Å². The van der Waals surface area contributed by atoms with Crippen LogP contribution in [0.15, 0.2) is 69.6 Å². The molecule has 5 rings (SSSR count). The SMILES string of the molecule is COC(=O)c1cc(C)c(C)c(Br)c1CBr.COC(=O)c1ccc(CN)cc1.COC(=O)c1ccc(CN2Cc3c(cc(C)c(C)c3Br)C2=O)cc1.Cl. The molecule has 52 heavy (non-hydrogen) atoms. The molecule has 0 saturated carbocycles. The van der Waals surface area contributed by atoms with E-state index in [2.05, 4.69) is 59.5 Å². The third-order valence-electron chi connectivity index (χ3n) is 8.51. The molecular formula is C39H42Br3ClN2O7. The average molecular weight is 926 g/mol. The number of aryl methyl sites for hydroxylation is 2. The van der Waals surface area contributed by atoms with E-state index in [4.69, 9.17) is 15.2 Å². The van der Waals surface area contributed by atoms with Crippen molar-refractivity contribution in [1.29, 1.82) is 0 Å². The van der Waals surface area contributed by atoms with Crippen LogP contribution in [0.5, 0.6) is 0 Å².